The Morgan fingerprint density at radius 2 is 2.15 bits per heavy atom. The summed E-state index contributed by atoms with van der Waals surface area (Å²) in [5, 5.41) is 11.7. The molecule has 0 fully saturated rings. The first kappa shape index (κ1) is 16.2. The van der Waals surface area contributed by atoms with Gasteiger partial charge in [-0.2, -0.15) is 4.98 Å². The van der Waals surface area contributed by atoms with Crippen molar-refractivity contribution in [2.75, 3.05) is 18.5 Å². The zero-order valence-corrected chi connectivity index (χ0v) is 12.0. The van der Waals surface area contributed by atoms with Crippen LogP contribution >= 0.6 is 0 Å². The molecular weight excluding hydrogens is 258 g/mol. The van der Waals surface area contributed by atoms with Crippen LogP contribution in [-0.2, 0) is 4.79 Å². The molecule has 1 heterocycles. The van der Waals surface area contributed by atoms with Gasteiger partial charge in [0.05, 0.1) is 6.61 Å². The van der Waals surface area contributed by atoms with E-state index in [1.54, 1.807) is 12.3 Å². The summed E-state index contributed by atoms with van der Waals surface area (Å²) >= 11 is 0. The van der Waals surface area contributed by atoms with Crippen LogP contribution in [0.3, 0.4) is 0 Å². The Bertz CT molecular complexity index is 399. The molecule has 20 heavy (non-hydrogen) atoms. The molecule has 0 radical (unpaired) electrons. The SMILES string of the molecule is CCCOc1ccnc(NCCCCCCC(=O)O)n1. The highest BCUT2D eigenvalue weighted by molar-refractivity contribution is 5.66. The van der Waals surface area contributed by atoms with Gasteiger partial charge in [-0.15, -0.1) is 0 Å². The molecule has 0 amide bonds. The number of rotatable bonds is 11. The number of carboxylic acid groups (broad SMARTS) is 1. The number of hydrogen-bond acceptors (Lipinski definition) is 5. The second-order valence-electron chi connectivity index (χ2n) is 4.55. The lowest BCUT2D eigenvalue weighted by Crippen LogP contribution is -2.06. The van der Waals surface area contributed by atoms with Gasteiger partial charge in [0.2, 0.25) is 11.8 Å². The minimum atomic E-state index is -0.722. The molecule has 0 aliphatic heterocycles. The van der Waals surface area contributed by atoms with Gasteiger partial charge in [0, 0.05) is 25.2 Å². The third kappa shape index (κ3) is 7.56. The Kier molecular flexibility index (Phi) is 8.10. The van der Waals surface area contributed by atoms with E-state index in [2.05, 4.69) is 15.3 Å². The molecule has 2 N–H and O–H groups in total. The van der Waals surface area contributed by atoms with E-state index >= 15 is 0 Å². The number of nitrogens with one attached hydrogen (secondary N) is 1. The van der Waals surface area contributed by atoms with E-state index in [-0.39, 0.29) is 6.42 Å². The molecule has 6 heteroatoms. The molecule has 0 saturated carbocycles. The van der Waals surface area contributed by atoms with Crippen LogP contribution < -0.4 is 10.1 Å². The number of nitrogens with zero attached hydrogens (tertiary/aromatic N) is 2. The molecule has 0 aliphatic carbocycles. The second-order valence-corrected chi connectivity index (χ2v) is 4.55. The van der Waals surface area contributed by atoms with Gasteiger partial charge in [-0.3, -0.25) is 4.79 Å². The van der Waals surface area contributed by atoms with E-state index in [9.17, 15) is 4.79 Å². The van der Waals surface area contributed by atoms with E-state index in [1.807, 2.05) is 6.92 Å². The van der Waals surface area contributed by atoms with E-state index in [4.69, 9.17) is 9.84 Å². The van der Waals surface area contributed by atoms with Crippen molar-refractivity contribution in [1.82, 2.24) is 9.97 Å². The average Bonchev–Trinajstić information content (AvgIpc) is 2.44. The van der Waals surface area contributed by atoms with Crippen LogP contribution in [0.15, 0.2) is 12.3 Å². The molecule has 1 aromatic rings. The molecule has 0 unspecified atom stereocenters. The number of anilines is 1. The van der Waals surface area contributed by atoms with Crippen LogP contribution in [-0.4, -0.2) is 34.2 Å². The Hall–Kier alpha value is -1.85. The maximum absolute atomic E-state index is 10.3. The largest absolute Gasteiger partial charge is 0.481 e. The van der Waals surface area contributed by atoms with Crippen LogP contribution in [0, 0.1) is 0 Å². The number of hydrogen-bond donors (Lipinski definition) is 2. The van der Waals surface area contributed by atoms with Gasteiger partial charge >= 0.3 is 5.97 Å². The zero-order chi connectivity index (χ0) is 14.6. The number of unbranched alkanes of at least 4 members (excludes halogenated alkanes) is 3. The fraction of sp³-hybridized carbons (Fsp3) is 0.643. The Morgan fingerprint density at radius 1 is 1.35 bits per heavy atom. The van der Waals surface area contributed by atoms with Gasteiger partial charge in [-0.1, -0.05) is 19.8 Å². The molecule has 0 saturated heterocycles. The highest BCUT2D eigenvalue weighted by Gasteiger charge is 2.00. The predicted octanol–water partition coefficient (Wildman–Crippen LogP) is 2.71. The lowest BCUT2D eigenvalue weighted by Gasteiger charge is -2.07. The summed E-state index contributed by atoms with van der Waals surface area (Å²) in [7, 11) is 0. The van der Waals surface area contributed by atoms with Crippen molar-refractivity contribution in [3.05, 3.63) is 12.3 Å². The topological polar surface area (TPSA) is 84.3 Å². The first-order valence-electron chi connectivity index (χ1n) is 7.14. The third-order valence-corrected chi connectivity index (χ3v) is 2.68. The number of aliphatic carboxylic acids is 1. The smallest absolute Gasteiger partial charge is 0.303 e. The molecule has 0 aromatic carbocycles. The summed E-state index contributed by atoms with van der Waals surface area (Å²) in [6, 6.07) is 1.74. The fourth-order valence-electron chi connectivity index (χ4n) is 1.67. The molecule has 0 aliphatic rings. The lowest BCUT2D eigenvalue weighted by atomic mass is 10.1. The van der Waals surface area contributed by atoms with Gasteiger partial charge in [-0.25, -0.2) is 4.98 Å². The van der Waals surface area contributed by atoms with E-state index in [1.165, 1.54) is 0 Å². The summed E-state index contributed by atoms with van der Waals surface area (Å²) in [6.07, 6.45) is 6.54. The number of aromatic nitrogens is 2. The van der Waals surface area contributed by atoms with Gasteiger partial charge in [0.25, 0.3) is 0 Å². The standard InChI is InChI=1S/C14H23N3O3/c1-2-11-20-12-8-10-16-14(17-12)15-9-6-4-3-5-7-13(18)19/h8,10H,2-7,9,11H2,1H3,(H,18,19)(H,15,16,17). The van der Waals surface area contributed by atoms with Crippen LogP contribution in [0.5, 0.6) is 5.88 Å². The molecule has 112 valence electrons. The quantitative estimate of drug-likeness (QED) is 0.607. The maximum atomic E-state index is 10.3. The maximum Gasteiger partial charge on any atom is 0.303 e. The third-order valence-electron chi connectivity index (χ3n) is 2.68. The van der Waals surface area contributed by atoms with Gasteiger partial charge in [-0.05, 0) is 19.3 Å². The van der Waals surface area contributed by atoms with Gasteiger partial charge in [0.15, 0.2) is 0 Å². The molecule has 0 bridgehead atoms. The molecule has 0 spiro atoms. The average molecular weight is 281 g/mol. The fourth-order valence-corrected chi connectivity index (χ4v) is 1.67. The van der Waals surface area contributed by atoms with Crippen LogP contribution in [0.25, 0.3) is 0 Å². The molecule has 6 nitrogen and oxygen atoms in total. The van der Waals surface area contributed by atoms with Crippen molar-refractivity contribution < 1.29 is 14.6 Å². The zero-order valence-electron chi connectivity index (χ0n) is 12.0. The highest BCUT2D eigenvalue weighted by atomic mass is 16.5. The number of ether oxygens (including phenoxy) is 1. The van der Waals surface area contributed by atoms with E-state index in [0.29, 0.717) is 18.4 Å². The van der Waals surface area contributed by atoms with E-state index < -0.39 is 5.97 Å². The highest BCUT2D eigenvalue weighted by Crippen LogP contribution is 2.09. The Morgan fingerprint density at radius 3 is 2.90 bits per heavy atom. The summed E-state index contributed by atoms with van der Waals surface area (Å²) in [6.45, 7) is 3.48. The Balaban J connectivity index is 2.13. The summed E-state index contributed by atoms with van der Waals surface area (Å²) in [5.41, 5.74) is 0. The first-order valence-corrected chi connectivity index (χ1v) is 7.14. The van der Waals surface area contributed by atoms with Crippen LogP contribution in [0.2, 0.25) is 0 Å². The number of carboxylic acids is 1. The Labute approximate surface area is 119 Å². The molecule has 1 aromatic heterocycles. The lowest BCUT2D eigenvalue weighted by molar-refractivity contribution is -0.137. The summed E-state index contributed by atoms with van der Waals surface area (Å²) in [4.78, 5) is 18.7. The van der Waals surface area contributed by atoms with Crippen molar-refractivity contribution >= 4 is 11.9 Å². The van der Waals surface area contributed by atoms with Crippen LogP contribution in [0.4, 0.5) is 5.95 Å². The number of carbonyl (C=O) groups is 1. The predicted molar refractivity (Wildman–Crippen MR) is 77.0 cm³/mol. The van der Waals surface area contributed by atoms with Gasteiger partial charge < -0.3 is 15.2 Å². The van der Waals surface area contributed by atoms with Crippen molar-refractivity contribution in [3.63, 3.8) is 0 Å². The van der Waals surface area contributed by atoms with Crippen molar-refractivity contribution in [1.29, 1.82) is 0 Å². The molecule has 1 rings (SSSR count). The summed E-state index contributed by atoms with van der Waals surface area (Å²) in [5.74, 6) is 0.440. The van der Waals surface area contributed by atoms with Crippen molar-refractivity contribution in [2.24, 2.45) is 0 Å². The van der Waals surface area contributed by atoms with Crippen molar-refractivity contribution in [3.8, 4) is 5.88 Å². The summed E-state index contributed by atoms with van der Waals surface area (Å²) < 4.78 is 5.43. The molecule has 0 atom stereocenters. The minimum Gasteiger partial charge on any atom is -0.481 e. The van der Waals surface area contributed by atoms with E-state index in [0.717, 1.165) is 38.6 Å². The van der Waals surface area contributed by atoms with Crippen molar-refractivity contribution in [2.45, 2.75) is 45.4 Å². The second kappa shape index (κ2) is 10.00. The normalized spacial score (nSPS) is 10.2. The van der Waals surface area contributed by atoms with Crippen LogP contribution in [0.1, 0.15) is 45.4 Å². The first-order chi connectivity index (χ1) is 9.72. The minimum absolute atomic E-state index is 0.257. The molecular formula is C14H23N3O3. The van der Waals surface area contributed by atoms with Gasteiger partial charge in [0.1, 0.15) is 0 Å². The monoisotopic (exact) mass is 281 g/mol.